The number of thiophene rings is 1. The maximum atomic E-state index is 5.29. The van der Waals surface area contributed by atoms with E-state index in [0.717, 1.165) is 12.2 Å². The molecule has 1 heterocycles. The monoisotopic (exact) mass is 270 g/mol. The molecule has 2 aromatic rings. The number of methoxy groups -OCH3 is 1. The molecule has 2 rings (SSSR count). The summed E-state index contributed by atoms with van der Waals surface area (Å²) in [6.45, 7) is 2.16. The average Bonchev–Trinajstić information content (AvgIpc) is 2.58. The Balaban J connectivity index is 2.69. The van der Waals surface area contributed by atoms with E-state index in [2.05, 4.69) is 40.4 Å². The molecule has 0 spiro atoms. The predicted molar refractivity (Wildman–Crippen MR) is 65.5 cm³/mol. The van der Waals surface area contributed by atoms with Crippen LogP contribution in [0.2, 0.25) is 0 Å². The summed E-state index contributed by atoms with van der Waals surface area (Å²) in [6, 6.07) is 4.37. The average molecular weight is 271 g/mol. The highest BCUT2D eigenvalue weighted by molar-refractivity contribution is 9.10. The maximum absolute atomic E-state index is 5.29. The van der Waals surface area contributed by atoms with Gasteiger partial charge in [-0.2, -0.15) is 0 Å². The topological polar surface area (TPSA) is 9.23 Å². The Morgan fingerprint density at radius 1 is 1.43 bits per heavy atom. The number of fused-ring (bicyclic) bond motifs is 1. The lowest BCUT2D eigenvalue weighted by Gasteiger charge is -2.02. The first-order valence-corrected chi connectivity index (χ1v) is 6.17. The molecule has 0 aliphatic heterocycles. The van der Waals surface area contributed by atoms with Crippen LogP contribution in [0.3, 0.4) is 0 Å². The van der Waals surface area contributed by atoms with Crippen LogP contribution in [-0.2, 0) is 6.42 Å². The lowest BCUT2D eigenvalue weighted by atomic mass is 10.1. The standard InChI is InChI=1S/C11H11BrOS/c1-3-7-4-11-8(5-9(7)12)10(13-2)6-14-11/h4-6H,3H2,1-2H3. The first kappa shape index (κ1) is 9.99. The molecule has 1 aromatic carbocycles. The number of aryl methyl sites for hydroxylation is 1. The fourth-order valence-corrected chi connectivity index (χ4v) is 3.07. The van der Waals surface area contributed by atoms with Gasteiger partial charge in [-0.25, -0.2) is 0 Å². The minimum atomic E-state index is 0.966. The van der Waals surface area contributed by atoms with Gasteiger partial charge < -0.3 is 4.74 Å². The number of benzene rings is 1. The van der Waals surface area contributed by atoms with E-state index in [4.69, 9.17) is 4.74 Å². The molecule has 0 aliphatic rings. The highest BCUT2D eigenvalue weighted by atomic mass is 79.9. The molecule has 3 heteroatoms. The van der Waals surface area contributed by atoms with E-state index in [1.807, 2.05) is 0 Å². The molecule has 0 aliphatic carbocycles. The highest BCUT2D eigenvalue weighted by Crippen LogP contribution is 2.35. The Morgan fingerprint density at radius 2 is 2.21 bits per heavy atom. The third-order valence-electron chi connectivity index (χ3n) is 2.31. The van der Waals surface area contributed by atoms with Gasteiger partial charge in [0.05, 0.1) is 7.11 Å². The molecular weight excluding hydrogens is 260 g/mol. The zero-order valence-electron chi connectivity index (χ0n) is 8.13. The zero-order chi connectivity index (χ0) is 10.1. The highest BCUT2D eigenvalue weighted by Gasteiger charge is 2.07. The molecule has 0 fully saturated rings. The zero-order valence-corrected chi connectivity index (χ0v) is 10.5. The van der Waals surface area contributed by atoms with E-state index in [-0.39, 0.29) is 0 Å². The van der Waals surface area contributed by atoms with Crippen LogP contribution in [0.5, 0.6) is 5.75 Å². The molecule has 0 atom stereocenters. The van der Waals surface area contributed by atoms with Crippen LogP contribution in [0.4, 0.5) is 0 Å². The minimum Gasteiger partial charge on any atom is -0.495 e. The van der Waals surface area contributed by atoms with Crippen LogP contribution in [0.15, 0.2) is 22.0 Å². The first-order valence-electron chi connectivity index (χ1n) is 4.50. The van der Waals surface area contributed by atoms with Crippen molar-refractivity contribution in [2.45, 2.75) is 13.3 Å². The van der Waals surface area contributed by atoms with Crippen molar-refractivity contribution in [3.05, 3.63) is 27.5 Å². The Morgan fingerprint density at radius 3 is 2.86 bits per heavy atom. The Labute approximate surface area is 95.8 Å². The minimum absolute atomic E-state index is 0.966. The molecule has 0 radical (unpaired) electrons. The fraction of sp³-hybridized carbons (Fsp3) is 0.273. The van der Waals surface area contributed by atoms with Gasteiger partial charge in [0.1, 0.15) is 5.75 Å². The van der Waals surface area contributed by atoms with Gasteiger partial charge in [-0.3, -0.25) is 0 Å². The van der Waals surface area contributed by atoms with Gasteiger partial charge in [-0.05, 0) is 24.1 Å². The van der Waals surface area contributed by atoms with E-state index in [1.165, 1.54) is 20.1 Å². The predicted octanol–water partition coefficient (Wildman–Crippen LogP) is 4.23. The molecule has 1 aromatic heterocycles. The molecule has 74 valence electrons. The Bertz CT molecular complexity index is 462. The third-order valence-corrected chi connectivity index (χ3v) is 3.97. The van der Waals surface area contributed by atoms with Gasteiger partial charge in [0, 0.05) is 19.9 Å². The van der Waals surface area contributed by atoms with E-state index in [9.17, 15) is 0 Å². The molecule has 0 saturated heterocycles. The Kier molecular flexibility index (Phi) is 2.79. The molecule has 1 nitrogen and oxygen atoms in total. The quantitative estimate of drug-likeness (QED) is 0.794. The van der Waals surface area contributed by atoms with Gasteiger partial charge in [-0.15, -0.1) is 11.3 Å². The summed E-state index contributed by atoms with van der Waals surface area (Å²) in [7, 11) is 1.71. The van der Waals surface area contributed by atoms with E-state index in [0.29, 0.717) is 0 Å². The Hall–Kier alpha value is -0.540. The second-order valence-corrected chi connectivity index (χ2v) is 4.86. The smallest absolute Gasteiger partial charge is 0.137 e. The SMILES string of the molecule is CCc1cc2scc(OC)c2cc1Br. The molecule has 0 unspecified atom stereocenters. The van der Waals surface area contributed by atoms with Gasteiger partial charge >= 0.3 is 0 Å². The van der Waals surface area contributed by atoms with Crippen molar-refractivity contribution in [2.24, 2.45) is 0 Å². The van der Waals surface area contributed by atoms with Crippen molar-refractivity contribution in [1.82, 2.24) is 0 Å². The van der Waals surface area contributed by atoms with Crippen molar-refractivity contribution in [3.8, 4) is 5.75 Å². The fourth-order valence-electron chi connectivity index (χ4n) is 1.50. The van der Waals surface area contributed by atoms with E-state index in [1.54, 1.807) is 18.4 Å². The number of halogens is 1. The van der Waals surface area contributed by atoms with Crippen LogP contribution in [0.25, 0.3) is 10.1 Å². The number of ether oxygens (including phenoxy) is 1. The van der Waals surface area contributed by atoms with E-state index < -0.39 is 0 Å². The molecular formula is C11H11BrOS. The normalized spacial score (nSPS) is 10.8. The lowest BCUT2D eigenvalue weighted by Crippen LogP contribution is -1.83. The summed E-state index contributed by atoms with van der Waals surface area (Å²) in [5, 5.41) is 3.25. The van der Waals surface area contributed by atoms with Crippen LogP contribution >= 0.6 is 27.3 Å². The van der Waals surface area contributed by atoms with Crippen molar-refractivity contribution in [2.75, 3.05) is 7.11 Å². The maximum Gasteiger partial charge on any atom is 0.137 e. The van der Waals surface area contributed by atoms with Crippen LogP contribution in [0.1, 0.15) is 12.5 Å². The molecule has 0 bridgehead atoms. The van der Waals surface area contributed by atoms with Crippen molar-refractivity contribution in [3.63, 3.8) is 0 Å². The number of hydrogen-bond acceptors (Lipinski definition) is 2. The van der Waals surface area contributed by atoms with Crippen molar-refractivity contribution in [1.29, 1.82) is 0 Å². The van der Waals surface area contributed by atoms with Gasteiger partial charge in [-0.1, -0.05) is 22.9 Å². The summed E-state index contributed by atoms with van der Waals surface area (Å²) < 4.78 is 7.75. The second-order valence-electron chi connectivity index (χ2n) is 3.10. The molecule has 0 amide bonds. The van der Waals surface area contributed by atoms with Crippen molar-refractivity contribution < 1.29 is 4.74 Å². The van der Waals surface area contributed by atoms with E-state index >= 15 is 0 Å². The molecule has 0 N–H and O–H groups in total. The van der Waals surface area contributed by atoms with Crippen molar-refractivity contribution >= 4 is 37.4 Å². The summed E-state index contributed by atoms with van der Waals surface area (Å²) in [5.41, 5.74) is 1.35. The summed E-state index contributed by atoms with van der Waals surface area (Å²) in [6.07, 6.45) is 1.05. The second kappa shape index (κ2) is 3.91. The van der Waals surface area contributed by atoms with Crippen LogP contribution in [0, 0.1) is 0 Å². The number of hydrogen-bond donors (Lipinski definition) is 0. The molecule has 14 heavy (non-hydrogen) atoms. The number of rotatable bonds is 2. The van der Waals surface area contributed by atoms with Gasteiger partial charge in [0.2, 0.25) is 0 Å². The van der Waals surface area contributed by atoms with Gasteiger partial charge in [0.25, 0.3) is 0 Å². The summed E-state index contributed by atoms with van der Waals surface area (Å²) in [5.74, 6) is 0.966. The first-order chi connectivity index (χ1) is 6.76. The van der Waals surface area contributed by atoms with Crippen LogP contribution in [-0.4, -0.2) is 7.11 Å². The summed E-state index contributed by atoms with van der Waals surface area (Å²) in [4.78, 5) is 0. The van der Waals surface area contributed by atoms with Crippen LogP contribution < -0.4 is 4.74 Å². The molecule has 0 saturated carbocycles. The summed E-state index contributed by atoms with van der Waals surface area (Å²) >= 11 is 5.31. The lowest BCUT2D eigenvalue weighted by molar-refractivity contribution is 0.421. The third kappa shape index (κ3) is 1.55. The largest absolute Gasteiger partial charge is 0.495 e. The van der Waals surface area contributed by atoms with Gasteiger partial charge in [0.15, 0.2) is 0 Å².